The Balaban J connectivity index is 3.41. The van der Waals surface area contributed by atoms with Crippen molar-refractivity contribution < 1.29 is 0 Å². The normalized spacial score (nSPS) is 8.64. The van der Waals surface area contributed by atoms with Crippen molar-refractivity contribution >= 4 is 29.2 Å². The SMILES string of the molecule is [N-]=[N+]=Nc1nc(N)c(Cl)c(N=[N+]=[N-])n1. The van der Waals surface area contributed by atoms with Crippen LogP contribution >= 0.6 is 11.6 Å². The second kappa shape index (κ2) is 4.15. The Hall–Kier alpha value is -2.21. The van der Waals surface area contributed by atoms with Gasteiger partial charge in [-0.05, 0) is 21.3 Å². The average Bonchev–Trinajstić information content (AvgIpc) is 2.14. The molecule has 1 rings (SSSR count). The Morgan fingerprint density at radius 3 is 2.43 bits per heavy atom. The van der Waals surface area contributed by atoms with E-state index in [4.69, 9.17) is 28.4 Å². The van der Waals surface area contributed by atoms with E-state index in [9.17, 15) is 0 Å². The largest absolute Gasteiger partial charge is 0.382 e. The molecule has 0 aromatic carbocycles. The number of nitrogen functional groups attached to an aromatic ring is 1. The lowest BCUT2D eigenvalue weighted by molar-refractivity contribution is 1.12. The van der Waals surface area contributed by atoms with E-state index in [2.05, 4.69) is 30.0 Å². The molecule has 14 heavy (non-hydrogen) atoms. The van der Waals surface area contributed by atoms with Crippen LogP contribution in [0, 0.1) is 0 Å². The van der Waals surface area contributed by atoms with Gasteiger partial charge in [0.1, 0.15) is 10.8 Å². The predicted molar refractivity (Wildman–Crippen MR) is 49.1 cm³/mol. The molecule has 0 saturated carbocycles. The number of aromatic nitrogens is 2. The van der Waals surface area contributed by atoms with Gasteiger partial charge in [0.2, 0.25) is 5.95 Å². The van der Waals surface area contributed by atoms with Gasteiger partial charge in [0.25, 0.3) is 0 Å². The highest BCUT2D eigenvalue weighted by atomic mass is 35.5. The van der Waals surface area contributed by atoms with Crippen LogP contribution in [0.25, 0.3) is 20.9 Å². The van der Waals surface area contributed by atoms with Crippen molar-refractivity contribution in [3.8, 4) is 0 Å². The molecule has 0 aliphatic heterocycles. The molecule has 0 aliphatic rings. The summed E-state index contributed by atoms with van der Waals surface area (Å²) in [5.41, 5.74) is 21.6. The van der Waals surface area contributed by atoms with E-state index in [0.717, 1.165) is 0 Å². The minimum absolute atomic E-state index is 0.0836. The summed E-state index contributed by atoms with van der Waals surface area (Å²) in [5.74, 6) is -0.549. The van der Waals surface area contributed by atoms with Crippen LogP contribution in [0.15, 0.2) is 10.2 Å². The molecule has 9 nitrogen and oxygen atoms in total. The number of anilines is 1. The lowest BCUT2D eigenvalue weighted by Gasteiger charge is -1.99. The molecule has 0 aliphatic carbocycles. The minimum Gasteiger partial charge on any atom is -0.382 e. The van der Waals surface area contributed by atoms with Crippen molar-refractivity contribution in [3.05, 3.63) is 25.9 Å². The van der Waals surface area contributed by atoms with Gasteiger partial charge in [-0.25, -0.2) is 9.97 Å². The lowest BCUT2D eigenvalue weighted by atomic mass is 10.5. The van der Waals surface area contributed by atoms with E-state index in [1.54, 1.807) is 0 Å². The van der Waals surface area contributed by atoms with Gasteiger partial charge in [-0.15, -0.1) is 0 Å². The zero-order valence-corrected chi connectivity index (χ0v) is 7.29. The van der Waals surface area contributed by atoms with Crippen molar-refractivity contribution in [3.63, 3.8) is 0 Å². The summed E-state index contributed by atoms with van der Waals surface area (Å²) in [6.45, 7) is 0. The monoisotopic (exact) mass is 211 g/mol. The molecular weight excluding hydrogens is 210 g/mol. The summed E-state index contributed by atoms with van der Waals surface area (Å²) in [7, 11) is 0. The summed E-state index contributed by atoms with van der Waals surface area (Å²) in [5, 5.41) is 6.15. The van der Waals surface area contributed by atoms with E-state index in [1.807, 2.05) is 0 Å². The van der Waals surface area contributed by atoms with E-state index in [-0.39, 0.29) is 22.6 Å². The number of hydrogen-bond acceptors (Lipinski definition) is 5. The standard InChI is InChI=1S/C4H2ClN9/c5-1-2(6)9-4(12-14-8)10-3(1)11-13-7/h(H2,6,9,10). The quantitative estimate of drug-likeness (QED) is 0.455. The molecule has 0 unspecified atom stereocenters. The van der Waals surface area contributed by atoms with Crippen molar-refractivity contribution in [2.24, 2.45) is 10.2 Å². The fraction of sp³-hybridized carbons (Fsp3) is 0. The van der Waals surface area contributed by atoms with Gasteiger partial charge in [-0.1, -0.05) is 11.6 Å². The first-order valence-electron chi connectivity index (χ1n) is 3.12. The zero-order chi connectivity index (χ0) is 10.6. The van der Waals surface area contributed by atoms with Crippen LogP contribution in [0.2, 0.25) is 5.02 Å². The highest BCUT2D eigenvalue weighted by Gasteiger charge is 2.07. The summed E-state index contributed by atoms with van der Waals surface area (Å²) >= 11 is 5.59. The fourth-order valence-corrected chi connectivity index (χ4v) is 0.756. The summed E-state index contributed by atoms with van der Waals surface area (Å²) in [6, 6.07) is 0. The van der Waals surface area contributed by atoms with Gasteiger partial charge >= 0.3 is 0 Å². The second-order valence-electron chi connectivity index (χ2n) is 1.93. The van der Waals surface area contributed by atoms with Crippen molar-refractivity contribution in [1.29, 1.82) is 0 Å². The zero-order valence-electron chi connectivity index (χ0n) is 6.53. The summed E-state index contributed by atoms with van der Waals surface area (Å²) < 4.78 is 0. The van der Waals surface area contributed by atoms with E-state index in [1.165, 1.54) is 0 Å². The van der Waals surface area contributed by atoms with E-state index in [0.29, 0.717) is 0 Å². The maximum Gasteiger partial charge on any atom is 0.218 e. The number of hydrogen-bond donors (Lipinski definition) is 1. The van der Waals surface area contributed by atoms with Crippen molar-refractivity contribution in [2.45, 2.75) is 0 Å². The maximum absolute atomic E-state index is 8.15. The summed E-state index contributed by atoms with van der Waals surface area (Å²) in [4.78, 5) is 12.0. The molecule has 0 spiro atoms. The van der Waals surface area contributed by atoms with Gasteiger partial charge in [0, 0.05) is 9.82 Å². The molecule has 1 aromatic rings. The highest BCUT2D eigenvalue weighted by molar-refractivity contribution is 6.34. The molecule has 70 valence electrons. The van der Waals surface area contributed by atoms with Crippen LogP contribution in [0.1, 0.15) is 0 Å². The first-order chi connectivity index (χ1) is 6.69. The molecule has 0 radical (unpaired) electrons. The van der Waals surface area contributed by atoms with Crippen LogP contribution < -0.4 is 5.73 Å². The van der Waals surface area contributed by atoms with Gasteiger partial charge in [0.15, 0.2) is 5.82 Å². The third-order valence-electron chi connectivity index (χ3n) is 1.12. The number of halogens is 1. The number of nitrogens with two attached hydrogens (primary N) is 1. The molecule has 0 amide bonds. The molecule has 1 heterocycles. The second-order valence-corrected chi connectivity index (χ2v) is 2.30. The Bertz CT molecular complexity index is 454. The number of nitrogens with zero attached hydrogens (tertiary/aromatic N) is 8. The Labute approximate surface area is 81.8 Å². The van der Waals surface area contributed by atoms with Crippen molar-refractivity contribution in [2.75, 3.05) is 5.73 Å². The predicted octanol–water partition coefficient (Wildman–Crippen LogP) is 2.60. The van der Waals surface area contributed by atoms with E-state index >= 15 is 0 Å². The maximum atomic E-state index is 8.15. The molecule has 0 fully saturated rings. The number of azide groups is 2. The lowest BCUT2D eigenvalue weighted by Crippen LogP contribution is -1.93. The molecule has 10 heteroatoms. The van der Waals surface area contributed by atoms with Gasteiger partial charge in [-0.3, -0.25) is 0 Å². The summed E-state index contributed by atoms with van der Waals surface area (Å²) in [6.07, 6.45) is 0. The Morgan fingerprint density at radius 1 is 1.21 bits per heavy atom. The molecule has 0 bridgehead atoms. The molecule has 1 aromatic heterocycles. The van der Waals surface area contributed by atoms with Crippen LogP contribution in [0.4, 0.5) is 17.6 Å². The van der Waals surface area contributed by atoms with Crippen molar-refractivity contribution in [1.82, 2.24) is 9.97 Å². The fourth-order valence-electron chi connectivity index (χ4n) is 0.634. The van der Waals surface area contributed by atoms with Gasteiger partial charge in [-0.2, -0.15) is 0 Å². The molecule has 0 atom stereocenters. The molecule has 0 saturated heterocycles. The first kappa shape index (κ1) is 9.87. The Kier molecular flexibility index (Phi) is 2.93. The van der Waals surface area contributed by atoms with E-state index < -0.39 is 0 Å². The average molecular weight is 212 g/mol. The third-order valence-corrected chi connectivity index (χ3v) is 1.48. The third kappa shape index (κ3) is 1.93. The smallest absolute Gasteiger partial charge is 0.218 e. The molecular formula is C4H2ClN9. The minimum atomic E-state index is -0.253. The van der Waals surface area contributed by atoms with Crippen LogP contribution in [0.3, 0.4) is 0 Å². The molecule has 2 N–H and O–H groups in total. The van der Waals surface area contributed by atoms with Crippen LogP contribution in [-0.2, 0) is 0 Å². The van der Waals surface area contributed by atoms with Gasteiger partial charge < -0.3 is 5.73 Å². The Morgan fingerprint density at radius 2 is 1.86 bits per heavy atom. The highest BCUT2D eigenvalue weighted by Crippen LogP contribution is 2.29. The van der Waals surface area contributed by atoms with Crippen LogP contribution in [0.5, 0.6) is 0 Å². The topological polar surface area (TPSA) is 149 Å². The van der Waals surface area contributed by atoms with Crippen LogP contribution in [-0.4, -0.2) is 9.97 Å². The number of rotatable bonds is 2. The van der Waals surface area contributed by atoms with Gasteiger partial charge in [0.05, 0.1) is 0 Å². The first-order valence-corrected chi connectivity index (χ1v) is 3.50.